The van der Waals surface area contributed by atoms with Crippen LogP contribution in [0.25, 0.3) is 11.4 Å². The molecule has 0 saturated heterocycles. The molecule has 0 atom stereocenters. The SMILES string of the molecule is Cn1c(SCC(=O)NN=Cc2ccc3c(c2)OCO3)nnc1-c1cccc(Cl)c1. The molecular formula is C19H16ClN5O3S. The van der Waals surface area contributed by atoms with Gasteiger partial charge >= 0.3 is 0 Å². The lowest BCUT2D eigenvalue weighted by molar-refractivity contribution is -0.118. The summed E-state index contributed by atoms with van der Waals surface area (Å²) in [4.78, 5) is 12.1. The van der Waals surface area contributed by atoms with Crippen molar-refractivity contribution in [1.82, 2.24) is 20.2 Å². The zero-order valence-corrected chi connectivity index (χ0v) is 16.9. The first-order valence-electron chi connectivity index (χ1n) is 8.60. The monoisotopic (exact) mass is 429 g/mol. The van der Waals surface area contributed by atoms with Crippen LogP contribution in [0.5, 0.6) is 11.5 Å². The van der Waals surface area contributed by atoms with Crippen LogP contribution in [0.15, 0.2) is 52.7 Å². The van der Waals surface area contributed by atoms with E-state index >= 15 is 0 Å². The standard InChI is InChI=1S/C19H16ClN5O3S/c1-25-18(13-3-2-4-14(20)8-13)23-24-19(25)29-10-17(26)22-21-9-12-5-6-15-16(7-12)28-11-27-15/h2-9H,10-11H2,1H3,(H,22,26). The number of hydrogen-bond acceptors (Lipinski definition) is 7. The summed E-state index contributed by atoms with van der Waals surface area (Å²) in [5.41, 5.74) is 4.15. The number of nitrogens with one attached hydrogen (secondary N) is 1. The van der Waals surface area contributed by atoms with Crippen molar-refractivity contribution in [3.63, 3.8) is 0 Å². The van der Waals surface area contributed by atoms with Crippen LogP contribution < -0.4 is 14.9 Å². The van der Waals surface area contributed by atoms with Crippen molar-refractivity contribution in [3.05, 3.63) is 53.1 Å². The number of rotatable bonds is 6. The van der Waals surface area contributed by atoms with Gasteiger partial charge in [-0.15, -0.1) is 10.2 Å². The Bertz CT molecular complexity index is 1090. The highest BCUT2D eigenvalue weighted by Gasteiger charge is 2.14. The van der Waals surface area contributed by atoms with Gasteiger partial charge in [0.2, 0.25) is 6.79 Å². The lowest BCUT2D eigenvalue weighted by Gasteiger charge is -2.04. The second-order valence-corrected chi connectivity index (χ2v) is 7.45. The van der Waals surface area contributed by atoms with Crippen LogP contribution in [0.1, 0.15) is 5.56 Å². The largest absolute Gasteiger partial charge is 0.454 e. The van der Waals surface area contributed by atoms with Gasteiger partial charge in [-0.05, 0) is 35.9 Å². The van der Waals surface area contributed by atoms with E-state index in [2.05, 4.69) is 20.7 Å². The maximum atomic E-state index is 12.1. The van der Waals surface area contributed by atoms with Gasteiger partial charge in [0.1, 0.15) is 0 Å². The molecule has 4 rings (SSSR count). The van der Waals surface area contributed by atoms with Crippen LogP contribution >= 0.6 is 23.4 Å². The van der Waals surface area contributed by atoms with Crippen molar-refractivity contribution < 1.29 is 14.3 Å². The molecule has 10 heteroatoms. The summed E-state index contributed by atoms with van der Waals surface area (Å²) in [5.74, 6) is 1.94. The molecule has 2 heterocycles. The van der Waals surface area contributed by atoms with Crippen molar-refractivity contribution in [2.45, 2.75) is 5.16 Å². The Hall–Kier alpha value is -3.04. The maximum Gasteiger partial charge on any atom is 0.250 e. The molecule has 0 bridgehead atoms. The lowest BCUT2D eigenvalue weighted by atomic mass is 10.2. The topological polar surface area (TPSA) is 90.6 Å². The highest BCUT2D eigenvalue weighted by Crippen LogP contribution is 2.32. The fraction of sp³-hybridized carbons (Fsp3) is 0.158. The van der Waals surface area contributed by atoms with Gasteiger partial charge in [-0.2, -0.15) is 5.10 Å². The van der Waals surface area contributed by atoms with Crippen LogP contribution in [-0.4, -0.2) is 39.4 Å². The number of hydrazone groups is 1. The van der Waals surface area contributed by atoms with Crippen LogP contribution in [0.4, 0.5) is 0 Å². The van der Waals surface area contributed by atoms with Crippen LogP contribution in [-0.2, 0) is 11.8 Å². The molecular weight excluding hydrogens is 414 g/mol. The first kappa shape index (κ1) is 19.3. The molecule has 1 aliphatic rings. The molecule has 0 aliphatic carbocycles. The number of ether oxygens (including phenoxy) is 2. The van der Waals surface area contributed by atoms with Gasteiger partial charge in [-0.3, -0.25) is 4.79 Å². The van der Waals surface area contributed by atoms with Crippen molar-refractivity contribution in [2.75, 3.05) is 12.5 Å². The summed E-state index contributed by atoms with van der Waals surface area (Å²) in [5, 5.41) is 13.5. The smallest absolute Gasteiger partial charge is 0.250 e. The van der Waals surface area contributed by atoms with Crippen LogP contribution in [0.3, 0.4) is 0 Å². The third-order valence-corrected chi connectivity index (χ3v) is 5.30. The Kier molecular flexibility index (Phi) is 5.68. The Morgan fingerprint density at radius 3 is 3.00 bits per heavy atom. The molecule has 1 N–H and O–H groups in total. The molecule has 1 amide bonds. The van der Waals surface area contributed by atoms with E-state index in [9.17, 15) is 4.79 Å². The predicted octanol–water partition coefficient (Wildman–Crippen LogP) is 3.11. The molecule has 0 saturated carbocycles. The van der Waals surface area contributed by atoms with Crippen LogP contribution in [0.2, 0.25) is 5.02 Å². The summed E-state index contributed by atoms with van der Waals surface area (Å²) < 4.78 is 12.4. The van der Waals surface area contributed by atoms with Gasteiger partial charge in [0.25, 0.3) is 5.91 Å². The van der Waals surface area contributed by atoms with E-state index in [1.807, 2.05) is 35.9 Å². The lowest BCUT2D eigenvalue weighted by Crippen LogP contribution is -2.19. The van der Waals surface area contributed by atoms with Crippen molar-refractivity contribution in [3.8, 4) is 22.9 Å². The van der Waals surface area contributed by atoms with Crippen molar-refractivity contribution in [1.29, 1.82) is 0 Å². The number of nitrogens with zero attached hydrogens (tertiary/aromatic N) is 4. The second-order valence-electron chi connectivity index (χ2n) is 6.07. The zero-order valence-electron chi connectivity index (χ0n) is 15.3. The summed E-state index contributed by atoms with van der Waals surface area (Å²) in [6.45, 7) is 0.213. The number of benzene rings is 2. The maximum absolute atomic E-state index is 12.1. The fourth-order valence-corrected chi connectivity index (χ4v) is 3.55. The molecule has 3 aromatic rings. The average Bonchev–Trinajstić information content (AvgIpc) is 3.32. The highest BCUT2D eigenvalue weighted by molar-refractivity contribution is 7.99. The minimum absolute atomic E-state index is 0.153. The van der Waals surface area contributed by atoms with E-state index in [4.69, 9.17) is 21.1 Å². The minimum Gasteiger partial charge on any atom is -0.454 e. The normalized spacial score (nSPS) is 12.5. The van der Waals surface area contributed by atoms with E-state index in [-0.39, 0.29) is 18.5 Å². The quantitative estimate of drug-likeness (QED) is 0.368. The highest BCUT2D eigenvalue weighted by atomic mass is 35.5. The number of fused-ring (bicyclic) bond motifs is 1. The molecule has 0 fully saturated rings. The first-order chi connectivity index (χ1) is 14.1. The number of halogens is 1. The van der Waals surface area contributed by atoms with E-state index in [0.717, 1.165) is 11.1 Å². The minimum atomic E-state index is -0.251. The van der Waals surface area contributed by atoms with Crippen molar-refractivity contribution >= 4 is 35.5 Å². The number of aromatic nitrogens is 3. The van der Waals surface area contributed by atoms with E-state index in [1.54, 1.807) is 24.4 Å². The summed E-state index contributed by atoms with van der Waals surface area (Å²) >= 11 is 7.31. The Labute approximate surface area is 175 Å². The zero-order chi connectivity index (χ0) is 20.2. The van der Waals surface area contributed by atoms with Gasteiger partial charge < -0.3 is 14.0 Å². The van der Waals surface area contributed by atoms with Crippen molar-refractivity contribution in [2.24, 2.45) is 12.1 Å². The molecule has 2 aromatic carbocycles. The number of carbonyl (C=O) groups excluding carboxylic acids is 1. The number of amides is 1. The predicted molar refractivity (Wildman–Crippen MR) is 110 cm³/mol. The molecule has 1 aromatic heterocycles. The van der Waals surface area contributed by atoms with Gasteiger partial charge in [0.15, 0.2) is 22.5 Å². The number of thioether (sulfide) groups is 1. The summed E-state index contributed by atoms with van der Waals surface area (Å²) in [7, 11) is 1.84. The molecule has 0 unspecified atom stereocenters. The second kappa shape index (κ2) is 8.54. The molecule has 1 aliphatic heterocycles. The number of hydrogen-bond donors (Lipinski definition) is 1. The fourth-order valence-electron chi connectivity index (χ4n) is 2.65. The van der Waals surface area contributed by atoms with E-state index in [0.29, 0.717) is 27.5 Å². The molecule has 8 nitrogen and oxygen atoms in total. The molecule has 29 heavy (non-hydrogen) atoms. The van der Waals surface area contributed by atoms with Gasteiger partial charge in [0, 0.05) is 17.6 Å². The number of carbonyl (C=O) groups is 1. The first-order valence-corrected chi connectivity index (χ1v) is 9.96. The Morgan fingerprint density at radius 1 is 1.28 bits per heavy atom. The molecule has 0 spiro atoms. The third-order valence-electron chi connectivity index (χ3n) is 4.05. The Balaban J connectivity index is 1.32. The summed E-state index contributed by atoms with van der Waals surface area (Å²) in [6, 6.07) is 12.8. The average molecular weight is 430 g/mol. The van der Waals surface area contributed by atoms with Gasteiger partial charge in [0.05, 0.1) is 12.0 Å². The Morgan fingerprint density at radius 2 is 2.14 bits per heavy atom. The molecule has 148 valence electrons. The van der Waals surface area contributed by atoms with Gasteiger partial charge in [-0.25, -0.2) is 5.43 Å². The van der Waals surface area contributed by atoms with Crippen LogP contribution in [0, 0.1) is 0 Å². The summed E-state index contributed by atoms with van der Waals surface area (Å²) in [6.07, 6.45) is 1.55. The molecule has 0 radical (unpaired) electrons. The third kappa shape index (κ3) is 4.52. The van der Waals surface area contributed by atoms with Gasteiger partial charge in [-0.1, -0.05) is 35.5 Å². The van der Waals surface area contributed by atoms with E-state index < -0.39 is 0 Å². The van der Waals surface area contributed by atoms with E-state index in [1.165, 1.54) is 11.8 Å².